The third-order valence-corrected chi connectivity index (χ3v) is 22.2. The van der Waals surface area contributed by atoms with Crippen LogP contribution in [0.15, 0.2) is 192 Å². The first-order chi connectivity index (χ1) is 32.0. The molecule has 2 saturated carbocycles. The molecule has 328 valence electrons. The second kappa shape index (κ2) is 15.3. The van der Waals surface area contributed by atoms with Gasteiger partial charge in [0.25, 0.3) is 0 Å². The summed E-state index contributed by atoms with van der Waals surface area (Å²) in [6.07, 6.45) is 9.76. The molecule has 3 nitrogen and oxygen atoms in total. The van der Waals surface area contributed by atoms with Gasteiger partial charge >= 0.3 is 5.84 Å². The molecule has 3 heterocycles. The summed E-state index contributed by atoms with van der Waals surface area (Å²) in [5, 5.41) is 0.164. The lowest BCUT2D eigenvalue weighted by atomic mass is 9.61. The van der Waals surface area contributed by atoms with Crippen LogP contribution in [0.5, 0.6) is 0 Å². The zero-order valence-corrected chi connectivity index (χ0v) is 40.9. The Labute approximate surface area is 398 Å². The molecule has 7 heteroatoms. The molecule has 0 N–H and O–H groups in total. The molecule has 0 atom stereocenters. The summed E-state index contributed by atoms with van der Waals surface area (Å²) in [6.45, 7) is 9.82. The van der Waals surface area contributed by atoms with E-state index in [0.717, 1.165) is 22.1 Å². The van der Waals surface area contributed by atoms with Gasteiger partial charge in [0.15, 0.2) is 5.58 Å². The van der Waals surface area contributed by atoms with Crippen molar-refractivity contribution in [2.24, 2.45) is 0 Å². The van der Waals surface area contributed by atoms with Crippen LogP contribution in [-0.4, -0.2) is 25.1 Å². The predicted molar refractivity (Wildman–Crippen MR) is 282 cm³/mol. The molecule has 66 heavy (non-hydrogen) atoms. The zero-order chi connectivity index (χ0) is 45.1. The largest absolute Gasteiger partial charge is 0.423 e. The minimum Gasteiger partial charge on any atom is -0.423 e. The van der Waals surface area contributed by atoms with Crippen molar-refractivity contribution in [1.29, 1.82) is 0 Å². The lowest BCUT2D eigenvalue weighted by Crippen LogP contribution is -2.40. The Morgan fingerprint density at radius 1 is 0.545 bits per heavy atom. The maximum atomic E-state index is 6.95. The number of nitrogens with zero attached hydrogens (tertiary/aromatic N) is 2. The Morgan fingerprint density at radius 3 is 1.80 bits per heavy atom. The van der Waals surface area contributed by atoms with Crippen LogP contribution in [0, 0.1) is 0 Å². The van der Waals surface area contributed by atoms with E-state index in [0.29, 0.717) is 5.84 Å². The van der Waals surface area contributed by atoms with Gasteiger partial charge in [-0.25, -0.2) is 0 Å². The summed E-state index contributed by atoms with van der Waals surface area (Å²) in [5.74, 6) is 0.684. The van der Waals surface area contributed by atoms with E-state index < -0.39 is 10.0 Å². The van der Waals surface area contributed by atoms with Crippen molar-refractivity contribution >= 4 is 65.5 Å². The molecule has 3 aliphatic rings. The lowest BCUT2D eigenvalue weighted by molar-refractivity contribution is 0.295. The SMILES string of the molecule is BC1(c2ccc3c(nc4oc5c(C6(B)CCCC6)cccc5n43)c2-c2cccc(S(c3ccccc3)(c3ccccc3)c3cccc4c3Sc3ccccc3C(C)(C)C4(C)C)c2)CCCC1. The van der Waals surface area contributed by atoms with Gasteiger partial charge in [-0.15, -0.1) is 10.0 Å². The molecule has 1 aliphatic heterocycles. The average molecular weight is 897 g/mol. The fourth-order valence-electron chi connectivity index (χ4n) is 12.5. The first-order valence-electron chi connectivity index (χ1n) is 24.3. The summed E-state index contributed by atoms with van der Waals surface area (Å²) in [6, 6.07) is 60.5. The third-order valence-electron chi connectivity index (χ3n) is 16.9. The van der Waals surface area contributed by atoms with Gasteiger partial charge in [-0.1, -0.05) is 188 Å². The molecule has 0 amide bonds. The number of para-hydroxylation sites is 1. The van der Waals surface area contributed by atoms with Crippen LogP contribution in [0.3, 0.4) is 0 Å². The van der Waals surface area contributed by atoms with E-state index in [9.17, 15) is 0 Å². The number of benzene rings is 7. The van der Waals surface area contributed by atoms with E-state index in [1.807, 2.05) is 11.8 Å². The summed E-state index contributed by atoms with van der Waals surface area (Å²) < 4.78 is 9.26. The number of hydrogen-bond acceptors (Lipinski definition) is 3. The third kappa shape index (κ3) is 6.04. The highest BCUT2D eigenvalue weighted by molar-refractivity contribution is 8.34. The van der Waals surface area contributed by atoms with E-state index in [2.05, 4.69) is 206 Å². The van der Waals surface area contributed by atoms with Crippen LogP contribution in [0.4, 0.5) is 0 Å². The highest BCUT2D eigenvalue weighted by atomic mass is 32.3. The molecular formula is C59H58B2N2OS2. The average Bonchev–Trinajstić information content (AvgIpc) is 4.14. The summed E-state index contributed by atoms with van der Waals surface area (Å²) >= 11 is 1.98. The number of rotatable bonds is 7. The van der Waals surface area contributed by atoms with Crippen molar-refractivity contribution in [1.82, 2.24) is 9.38 Å². The topological polar surface area (TPSA) is 30.4 Å². The number of imidazole rings is 1. The molecule has 0 unspecified atom stereocenters. The summed E-state index contributed by atoms with van der Waals surface area (Å²) in [7, 11) is 2.81. The van der Waals surface area contributed by atoms with Crippen molar-refractivity contribution in [2.45, 2.75) is 130 Å². The quantitative estimate of drug-likeness (QED) is 0.149. The highest BCUT2D eigenvalue weighted by Crippen LogP contribution is 2.76. The zero-order valence-electron chi connectivity index (χ0n) is 39.3. The number of oxazole rings is 1. The monoisotopic (exact) mass is 896 g/mol. The molecule has 0 bridgehead atoms. The highest BCUT2D eigenvalue weighted by Gasteiger charge is 2.47. The van der Waals surface area contributed by atoms with Crippen molar-refractivity contribution in [2.75, 3.05) is 0 Å². The molecule has 0 radical (unpaired) electrons. The fraction of sp³-hybridized carbons (Fsp3) is 0.271. The van der Waals surface area contributed by atoms with Crippen LogP contribution in [0.1, 0.15) is 101 Å². The molecule has 12 rings (SSSR count). The summed E-state index contributed by atoms with van der Waals surface area (Å²) in [5.41, 5.74) is 12.0. The number of hydrogen-bond donors (Lipinski definition) is 0. The van der Waals surface area contributed by atoms with Crippen molar-refractivity contribution in [3.05, 3.63) is 180 Å². The molecule has 2 fully saturated rings. The van der Waals surface area contributed by atoms with E-state index in [1.165, 1.54) is 114 Å². The Hall–Kier alpha value is -5.36. The van der Waals surface area contributed by atoms with E-state index >= 15 is 0 Å². The van der Waals surface area contributed by atoms with Crippen LogP contribution in [-0.2, 0) is 21.5 Å². The first kappa shape index (κ1) is 42.0. The lowest BCUT2D eigenvalue weighted by Gasteiger charge is -2.45. The minimum atomic E-state index is -2.12. The van der Waals surface area contributed by atoms with Crippen LogP contribution >= 0.6 is 21.8 Å². The van der Waals surface area contributed by atoms with Crippen LogP contribution < -0.4 is 0 Å². The second-order valence-corrected chi connectivity index (χ2v) is 25.3. The fourth-order valence-corrected chi connectivity index (χ4v) is 18.4. The van der Waals surface area contributed by atoms with Crippen molar-refractivity contribution < 1.29 is 4.42 Å². The summed E-state index contributed by atoms with van der Waals surface area (Å²) in [4.78, 5) is 13.7. The normalized spacial score (nSPS) is 18.6. The van der Waals surface area contributed by atoms with Gasteiger partial charge in [0.2, 0.25) is 0 Å². The molecule has 0 saturated heterocycles. The van der Waals surface area contributed by atoms with Gasteiger partial charge in [0.1, 0.15) is 21.2 Å². The van der Waals surface area contributed by atoms with E-state index in [-0.39, 0.29) is 21.5 Å². The van der Waals surface area contributed by atoms with Gasteiger partial charge in [-0.2, -0.15) is 4.98 Å². The van der Waals surface area contributed by atoms with Gasteiger partial charge in [-0.05, 0) is 110 Å². The Balaban J connectivity index is 1.15. The minimum absolute atomic E-state index is 0.0402. The van der Waals surface area contributed by atoms with Crippen LogP contribution in [0.2, 0.25) is 0 Å². The van der Waals surface area contributed by atoms with Gasteiger partial charge in [0.05, 0.1) is 11.0 Å². The molecule has 2 aliphatic carbocycles. The van der Waals surface area contributed by atoms with Gasteiger partial charge in [0, 0.05) is 34.9 Å². The van der Waals surface area contributed by atoms with Crippen molar-refractivity contribution in [3.8, 4) is 11.1 Å². The van der Waals surface area contributed by atoms with E-state index in [4.69, 9.17) is 9.40 Å². The van der Waals surface area contributed by atoms with E-state index in [1.54, 1.807) is 0 Å². The molecule has 7 aromatic carbocycles. The maximum Gasteiger partial charge on any atom is 0.307 e. The number of aromatic nitrogens is 2. The van der Waals surface area contributed by atoms with Gasteiger partial charge < -0.3 is 4.42 Å². The molecule has 9 aromatic rings. The van der Waals surface area contributed by atoms with Crippen LogP contribution in [0.25, 0.3) is 39.1 Å². The maximum absolute atomic E-state index is 6.95. The Morgan fingerprint density at radius 2 is 1.11 bits per heavy atom. The Kier molecular flexibility index (Phi) is 9.77. The predicted octanol–water partition coefficient (Wildman–Crippen LogP) is 14.8. The molecule has 0 spiro atoms. The van der Waals surface area contributed by atoms with Gasteiger partial charge in [-0.3, -0.25) is 4.40 Å². The second-order valence-electron chi connectivity index (χ2n) is 21.1. The number of fused-ring (bicyclic) bond motifs is 7. The smallest absolute Gasteiger partial charge is 0.307 e. The molecular weight excluding hydrogens is 838 g/mol. The van der Waals surface area contributed by atoms with Crippen molar-refractivity contribution in [3.63, 3.8) is 0 Å². The first-order valence-corrected chi connectivity index (χ1v) is 26.7. The standard InChI is InChI=1S/C59H58B2N2OS2/c1-56(2)43-26-11-12-30-49(43)65-54-46(57(56,3)4)28-19-31-50(54)66(40-21-7-5-8-22-40,41-23-9-6-10-24-41)42-25-17-20-39(38-42)51-44(58(60)34-13-14-35-58)32-33-47-52(51)62-55-63(47)48-29-18-27-45(53(48)64-55)59(61)36-15-16-37-59/h5-12,17-33,38H,13-16,34-37,60-61H2,1-4H3. The Bertz CT molecular complexity index is 3300. The molecule has 2 aromatic heterocycles.